The first kappa shape index (κ1) is 22.8. The molecule has 1 unspecified atom stereocenters. The van der Waals surface area contributed by atoms with Gasteiger partial charge >= 0.3 is 0 Å². The second-order valence-corrected chi connectivity index (χ2v) is 9.26. The van der Waals surface area contributed by atoms with Crippen LogP contribution in [0.4, 0.5) is 10.3 Å². The third-order valence-electron chi connectivity index (χ3n) is 5.47. The first-order valence-corrected chi connectivity index (χ1v) is 10.9. The van der Waals surface area contributed by atoms with Gasteiger partial charge in [0, 0.05) is 18.2 Å². The molecular formula is C22H27ClFN5O3. The second-order valence-electron chi connectivity index (χ2n) is 8.86. The molecule has 10 heteroatoms. The molecule has 0 radical (unpaired) electrons. The monoisotopic (exact) mass is 463 g/mol. The Balaban J connectivity index is 1.80. The van der Waals surface area contributed by atoms with E-state index in [2.05, 4.69) is 20.3 Å². The highest BCUT2D eigenvalue weighted by Crippen LogP contribution is 2.34. The minimum atomic E-state index is -1.25. The minimum absolute atomic E-state index is 0.0656. The van der Waals surface area contributed by atoms with E-state index in [0.29, 0.717) is 35.6 Å². The van der Waals surface area contributed by atoms with Gasteiger partial charge in [0.25, 0.3) is 0 Å². The van der Waals surface area contributed by atoms with Gasteiger partial charge < -0.3 is 24.8 Å². The molecule has 4 rings (SSSR count). The third-order valence-corrected chi connectivity index (χ3v) is 5.75. The Morgan fingerprint density at radius 1 is 1.31 bits per heavy atom. The van der Waals surface area contributed by atoms with Gasteiger partial charge in [0.05, 0.1) is 41.2 Å². The molecule has 32 heavy (non-hydrogen) atoms. The lowest BCUT2D eigenvalue weighted by molar-refractivity contribution is -0.0136. The first-order chi connectivity index (χ1) is 15.1. The molecule has 1 aliphatic rings. The predicted molar refractivity (Wildman–Crippen MR) is 120 cm³/mol. The van der Waals surface area contributed by atoms with Crippen LogP contribution in [0.25, 0.3) is 22.3 Å². The smallest absolute Gasteiger partial charge is 0.223 e. The quantitative estimate of drug-likeness (QED) is 0.530. The van der Waals surface area contributed by atoms with Crippen molar-refractivity contribution in [3.05, 3.63) is 35.0 Å². The van der Waals surface area contributed by atoms with Crippen molar-refractivity contribution in [1.82, 2.24) is 19.5 Å². The number of aromatic nitrogens is 4. The van der Waals surface area contributed by atoms with E-state index in [1.54, 1.807) is 19.9 Å². The number of nitrogens with one attached hydrogen (secondary N) is 1. The zero-order chi connectivity index (χ0) is 23.2. The van der Waals surface area contributed by atoms with Crippen LogP contribution in [0, 0.1) is 5.82 Å². The van der Waals surface area contributed by atoms with E-state index in [9.17, 15) is 10.2 Å². The molecule has 0 bridgehead atoms. The summed E-state index contributed by atoms with van der Waals surface area (Å²) in [5.74, 6) is 0.125. The molecular weight excluding hydrogens is 437 g/mol. The number of fused-ring (bicyclic) bond motifs is 1. The molecule has 0 spiro atoms. The molecule has 1 fully saturated rings. The molecule has 3 aromatic rings. The molecule has 3 N–H and O–H groups in total. The van der Waals surface area contributed by atoms with Crippen LogP contribution >= 0.6 is 11.6 Å². The number of anilines is 1. The fourth-order valence-corrected chi connectivity index (χ4v) is 4.14. The lowest BCUT2D eigenvalue weighted by Gasteiger charge is -2.28. The van der Waals surface area contributed by atoms with Gasteiger partial charge in [-0.1, -0.05) is 11.6 Å². The summed E-state index contributed by atoms with van der Waals surface area (Å²) in [6, 6.07) is 2.77. The lowest BCUT2D eigenvalue weighted by atomic mass is 10.1. The summed E-state index contributed by atoms with van der Waals surface area (Å²) >= 11 is 6.38. The molecule has 172 valence electrons. The Kier molecular flexibility index (Phi) is 6.10. The third kappa shape index (κ3) is 4.30. The summed E-state index contributed by atoms with van der Waals surface area (Å²) in [5.41, 5.74) is 0.281. The SMILES string of the molecule is CC(C)n1c(C(C)(C)O)nc2c(F)cc(-c3nc(NC4CCOC[C@H]4O)ncc3Cl)cc21. The number of aliphatic hydroxyl groups is 2. The maximum Gasteiger partial charge on any atom is 0.223 e. The van der Waals surface area contributed by atoms with Crippen LogP contribution < -0.4 is 5.32 Å². The number of hydrogen-bond acceptors (Lipinski definition) is 7. The average Bonchev–Trinajstić information content (AvgIpc) is 3.12. The van der Waals surface area contributed by atoms with Crippen LogP contribution in [0.2, 0.25) is 5.02 Å². The number of benzene rings is 1. The summed E-state index contributed by atoms with van der Waals surface area (Å²) in [4.78, 5) is 13.1. The number of aliphatic hydroxyl groups excluding tert-OH is 1. The number of ether oxygens (including phenoxy) is 1. The number of halogens is 2. The van der Waals surface area contributed by atoms with Crippen molar-refractivity contribution in [1.29, 1.82) is 0 Å². The standard InChI is InChI=1S/C22H27ClFN5O3/c1-11(2)29-16-8-12(7-14(24)19(16)27-20(29)22(3,4)31)18-13(23)9-25-21(28-18)26-15-5-6-32-10-17(15)30/h7-9,11,15,17,30-31H,5-6,10H2,1-4H3,(H,25,26,28)/t15?,17-/m1/s1. The van der Waals surface area contributed by atoms with Crippen LogP contribution in [0.1, 0.15) is 46.0 Å². The van der Waals surface area contributed by atoms with E-state index < -0.39 is 17.5 Å². The van der Waals surface area contributed by atoms with Gasteiger partial charge in [0.1, 0.15) is 16.9 Å². The summed E-state index contributed by atoms with van der Waals surface area (Å²) in [6.07, 6.45) is 1.37. The van der Waals surface area contributed by atoms with Crippen LogP contribution in [0.5, 0.6) is 0 Å². The normalized spacial score (nSPS) is 19.7. The molecule has 1 aromatic carbocycles. The summed E-state index contributed by atoms with van der Waals surface area (Å²) < 4.78 is 22.2. The van der Waals surface area contributed by atoms with Crippen LogP contribution in [0.15, 0.2) is 18.3 Å². The first-order valence-electron chi connectivity index (χ1n) is 10.6. The highest BCUT2D eigenvalue weighted by molar-refractivity contribution is 6.33. The van der Waals surface area contributed by atoms with Crippen molar-refractivity contribution in [2.75, 3.05) is 18.5 Å². The highest BCUT2D eigenvalue weighted by atomic mass is 35.5. The average molecular weight is 464 g/mol. The van der Waals surface area contributed by atoms with Gasteiger partial charge in [-0.3, -0.25) is 0 Å². The lowest BCUT2D eigenvalue weighted by Crippen LogP contribution is -2.42. The largest absolute Gasteiger partial charge is 0.389 e. The molecule has 2 aromatic heterocycles. The van der Waals surface area contributed by atoms with E-state index in [1.165, 1.54) is 12.3 Å². The Hall–Kier alpha value is -2.33. The van der Waals surface area contributed by atoms with Crippen molar-refractivity contribution in [3.8, 4) is 11.3 Å². The number of imidazole rings is 1. The zero-order valence-electron chi connectivity index (χ0n) is 18.4. The van der Waals surface area contributed by atoms with E-state index in [4.69, 9.17) is 16.3 Å². The fraction of sp³-hybridized carbons (Fsp3) is 0.500. The molecule has 3 heterocycles. The van der Waals surface area contributed by atoms with Crippen molar-refractivity contribution < 1.29 is 19.3 Å². The minimum Gasteiger partial charge on any atom is -0.389 e. The van der Waals surface area contributed by atoms with Crippen LogP contribution in [0.3, 0.4) is 0 Å². The topological polar surface area (TPSA) is 105 Å². The Morgan fingerprint density at radius 2 is 2.06 bits per heavy atom. The molecule has 0 aliphatic carbocycles. The van der Waals surface area contributed by atoms with Gasteiger partial charge in [-0.2, -0.15) is 0 Å². The molecule has 8 nitrogen and oxygen atoms in total. The Labute approximate surface area is 190 Å². The van der Waals surface area contributed by atoms with Gasteiger partial charge in [-0.05, 0) is 46.2 Å². The number of hydrogen-bond donors (Lipinski definition) is 3. The van der Waals surface area contributed by atoms with E-state index in [0.717, 1.165) is 0 Å². The Bertz CT molecular complexity index is 1140. The van der Waals surface area contributed by atoms with Crippen LogP contribution in [-0.4, -0.2) is 55.1 Å². The maximum absolute atomic E-state index is 15.1. The molecule has 0 saturated carbocycles. The van der Waals surface area contributed by atoms with E-state index in [1.807, 2.05) is 18.4 Å². The summed E-state index contributed by atoms with van der Waals surface area (Å²) in [6.45, 7) is 7.90. The van der Waals surface area contributed by atoms with Gasteiger partial charge in [-0.25, -0.2) is 19.3 Å². The van der Waals surface area contributed by atoms with Gasteiger partial charge in [0.2, 0.25) is 5.95 Å². The zero-order valence-corrected chi connectivity index (χ0v) is 19.2. The van der Waals surface area contributed by atoms with E-state index in [-0.39, 0.29) is 35.2 Å². The second kappa shape index (κ2) is 8.55. The maximum atomic E-state index is 15.1. The molecule has 1 aliphatic heterocycles. The van der Waals surface area contributed by atoms with Crippen LogP contribution in [-0.2, 0) is 10.3 Å². The van der Waals surface area contributed by atoms with Crippen molar-refractivity contribution in [3.63, 3.8) is 0 Å². The van der Waals surface area contributed by atoms with Crippen molar-refractivity contribution in [2.45, 2.75) is 57.9 Å². The molecule has 2 atom stereocenters. The molecule has 1 saturated heterocycles. The molecule has 0 amide bonds. The predicted octanol–water partition coefficient (Wildman–Crippen LogP) is 3.66. The summed E-state index contributed by atoms with van der Waals surface area (Å²) in [7, 11) is 0. The number of nitrogens with zero attached hydrogens (tertiary/aromatic N) is 4. The highest BCUT2D eigenvalue weighted by Gasteiger charge is 2.28. The summed E-state index contributed by atoms with van der Waals surface area (Å²) in [5, 5.41) is 24.1. The van der Waals surface area contributed by atoms with Crippen molar-refractivity contribution >= 4 is 28.6 Å². The van der Waals surface area contributed by atoms with E-state index >= 15 is 4.39 Å². The fourth-order valence-electron chi connectivity index (χ4n) is 3.94. The van der Waals surface area contributed by atoms with Gasteiger partial charge in [0.15, 0.2) is 5.82 Å². The number of rotatable bonds is 5. The Morgan fingerprint density at radius 3 is 2.72 bits per heavy atom. The van der Waals surface area contributed by atoms with Gasteiger partial charge in [-0.15, -0.1) is 0 Å². The van der Waals surface area contributed by atoms with Crippen molar-refractivity contribution in [2.24, 2.45) is 0 Å².